The lowest BCUT2D eigenvalue weighted by atomic mass is 9.88. The number of benzene rings is 4. The summed E-state index contributed by atoms with van der Waals surface area (Å²) in [6, 6.07) is 21.7. The maximum atomic E-state index is 6.26. The predicted molar refractivity (Wildman–Crippen MR) is 96.4 cm³/mol. The lowest BCUT2D eigenvalue weighted by Gasteiger charge is -2.24. The van der Waals surface area contributed by atoms with Gasteiger partial charge in [-0.05, 0) is 47.7 Å². The highest BCUT2D eigenvalue weighted by atomic mass is 16.5. The molecule has 0 aromatic heterocycles. The van der Waals surface area contributed by atoms with Crippen LogP contribution >= 0.6 is 0 Å². The summed E-state index contributed by atoms with van der Waals surface area (Å²) in [5, 5.41) is 5.07. The smallest absolute Gasteiger partial charge is 0.138 e. The van der Waals surface area contributed by atoms with E-state index in [0.29, 0.717) is 0 Å². The Labute approximate surface area is 135 Å². The zero-order valence-electron chi connectivity index (χ0n) is 13.2. The Balaban J connectivity index is 2.10. The number of fused-ring (bicyclic) bond motifs is 4. The molecular weight excluding hydrogens is 280 g/mol. The van der Waals surface area contributed by atoms with Crippen LogP contribution in [0.25, 0.3) is 32.7 Å². The minimum atomic E-state index is 0.949. The molecule has 1 nitrogen and oxygen atoms in total. The first-order valence-corrected chi connectivity index (χ1v) is 7.96. The van der Waals surface area contributed by atoms with Crippen molar-refractivity contribution in [1.82, 2.24) is 0 Å². The number of aryl methyl sites for hydroxylation is 2. The topological polar surface area (TPSA) is 9.23 Å². The molecule has 110 valence electrons. The van der Waals surface area contributed by atoms with E-state index in [0.717, 1.165) is 11.5 Å². The Bertz CT molecular complexity index is 1110. The molecule has 0 aliphatic carbocycles. The van der Waals surface area contributed by atoms with E-state index < -0.39 is 0 Å². The van der Waals surface area contributed by atoms with Crippen molar-refractivity contribution in [2.45, 2.75) is 13.8 Å². The van der Waals surface area contributed by atoms with Gasteiger partial charge in [0, 0.05) is 16.5 Å². The Morgan fingerprint density at radius 2 is 1.61 bits per heavy atom. The summed E-state index contributed by atoms with van der Waals surface area (Å²) in [7, 11) is 0. The number of rotatable bonds is 0. The van der Waals surface area contributed by atoms with Crippen molar-refractivity contribution >= 4 is 21.5 Å². The fraction of sp³-hybridized carbons (Fsp3) is 0.0909. The number of para-hydroxylation sites is 1. The first-order chi connectivity index (χ1) is 11.2. The van der Waals surface area contributed by atoms with Crippen LogP contribution in [0.3, 0.4) is 0 Å². The van der Waals surface area contributed by atoms with Crippen LogP contribution in [-0.4, -0.2) is 0 Å². The number of hydrogen-bond donors (Lipinski definition) is 0. The molecule has 5 rings (SSSR count). The molecule has 1 heterocycles. The minimum absolute atomic E-state index is 0.949. The van der Waals surface area contributed by atoms with Crippen LogP contribution < -0.4 is 4.74 Å². The van der Waals surface area contributed by atoms with Crippen LogP contribution in [0.4, 0.5) is 0 Å². The first-order valence-electron chi connectivity index (χ1n) is 7.96. The molecule has 23 heavy (non-hydrogen) atoms. The third kappa shape index (κ3) is 1.68. The van der Waals surface area contributed by atoms with Gasteiger partial charge in [-0.1, -0.05) is 54.1 Å². The first kappa shape index (κ1) is 12.7. The monoisotopic (exact) mass is 296 g/mol. The third-order valence-electron chi connectivity index (χ3n) is 4.79. The highest BCUT2D eigenvalue weighted by Crippen LogP contribution is 2.50. The highest BCUT2D eigenvalue weighted by molar-refractivity contribution is 6.17. The van der Waals surface area contributed by atoms with Crippen molar-refractivity contribution in [3.05, 3.63) is 71.8 Å². The SMILES string of the molecule is Cc1ccc2cc3ccc(C)c4c3c(c2c1)-c1ccccc1O4. The molecule has 0 saturated carbocycles. The second-order valence-electron chi connectivity index (χ2n) is 6.38. The van der Waals surface area contributed by atoms with E-state index in [-0.39, 0.29) is 0 Å². The van der Waals surface area contributed by atoms with Crippen molar-refractivity contribution in [1.29, 1.82) is 0 Å². The normalized spacial score (nSPS) is 12.3. The molecule has 0 unspecified atom stereocenters. The molecule has 0 fully saturated rings. The van der Waals surface area contributed by atoms with Gasteiger partial charge in [-0.15, -0.1) is 0 Å². The second-order valence-corrected chi connectivity index (χ2v) is 6.38. The van der Waals surface area contributed by atoms with Crippen molar-refractivity contribution in [2.75, 3.05) is 0 Å². The van der Waals surface area contributed by atoms with Gasteiger partial charge in [-0.25, -0.2) is 0 Å². The van der Waals surface area contributed by atoms with Crippen molar-refractivity contribution in [2.24, 2.45) is 0 Å². The third-order valence-corrected chi connectivity index (χ3v) is 4.79. The fourth-order valence-corrected chi connectivity index (χ4v) is 3.68. The van der Waals surface area contributed by atoms with Crippen LogP contribution in [0.15, 0.2) is 60.7 Å². The van der Waals surface area contributed by atoms with Gasteiger partial charge in [0.25, 0.3) is 0 Å². The van der Waals surface area contributed by atoms with Gasteiger partial charge in [-0.3, -0.25) is 0 Å². The molecule has 1 aliphatic heterocycles. The van der Waals surface area contributed by atoms with E-state index in [4.69, 9.17) is 4.74 Å². The largest absolute Gasteiger partial charge is 0.456 e. The summed E-state index contributed by atoms with van der Waals surface area (Å²) in [5.74, 6) is 1.95. The summed E-state index contributed by atoms with van der Waals surface area (Å²) in [5.41, 5.74) is 4.96. The summed E-state index contributed by atoms with van der Waals surface area (Å²) in [4.78, 5) is 0. The summed E-state index contributed by atoms with van der Waals surface area (Å²) in [6.45, 7) is 4.27. The quantitative estimate of drug-likeness (QED) is 0.301. The minimum Gasteiger partial charge on any atom is -0.456 e. The van der Waals surface area contributed by atoms with Crippen LogP contribution in [0.5, 0.6) is 11.5 Å². The summed E-state index contributed by atoms with van der Waals surface area (Å²) >= 11 is 0. The molecule has 1 aliphatic rings. The van der Waals surface area contributed by atoms with Crippen LogP contribution in [0.2, 0.25) is 0 Å². The predicted octanol–water partition coefficient (Wildman–Crippen LogP) is 6.38. The van der Waals surface area contributed by atoms with E-state index in [2.05, 4.69) is 68.4 Å². The zero-order valence-corrected chi connectivity index (χ0v) is 13.2. The fourth-order valence-electron chi connectivity index (χ4n) is 3.68. The maximum Gasteiger partial charge on any atom is 0.138 e. The van der Waals surface area contributed by atoms with E-state index in [1.54, 1.807) is 0 Å². The van der Waals surface area contributed by atoms with Gasteiger partial charge in [0.1, 0.15) is 11.5 Å². The molecule has 0 saturated heterocycles. The Hall–Kier alpha value is -2.80. The number of ether oxygens (including phenoxy) is 1. The van der Waals surface area contributed by atoms with Crippen LogP contribution in [-0.2, 0) is 0 Å². The molecule has 0 atom stereocenters. The average Bonchev–Trinajstić information content (AvgIpc) is 2.57. The molecule has 0 radical (unpaired) electrons. The molecule has 1 heteroatoms. The van der Waals surface area contributed by atoms with Crippen molar-refractivity contribution in [3.8, 4) is 22.6 Å². The van der Waals surface area contributed by atoms with Gasteiger partial charge in [0.2, 0.25) is 0 Å². The summed E-state index contributed by atoms with van der Waals surface area (Å²) in [6.07, 6.45) is 0. The van der Waals surface area contributed by atoms with Gasteiger partial charge < -0.3 is 4.74 Å². The molecule has 4 aromatic rings. The van der Waals surface area contributed by atoms with Gasteiger partial charge in [-0.2, -0.15) is 0 Å². The van der Waals surface area contributed by atoms with Crippen molar-refractivity contribution in [3.63, 3.8) is 0 Å². The van der Waals surface area contributed by atoms with Crippen LogP contribution in [0.1, 0.15) is 11.1 Å². The van der Waals surface area contributed by atoms with E-state index in [9.17, 15) is 0 Å². The second kappa shape index (κ2) is 4.36. The Kier molecular flexibility index (Phi) is 2.41. The zero-order chi connectivity index (χ0) is 15.6. The number of hydrogen-bond acceptors (Lipinski definition) is 1. The van der Waals surface area contributed by atoms with E-state index in [1.165, 1.54) is 43.8 Å². The average molecular weight is 296 g/mol. The Morgan fingerprint density at radius 1 is 0.783 bits per heavy atom. The molecule has 0 N–H and O–H groups in total. The van der Waals surface area contributed by atoms with Gasteiger partial charge >= 0.3 is 0 Å². The molecule has 0 amide bonds. The van der Waals surface area contributed by atoms with Crippen molar-refractivity contribution < 1.29 is 4.74 Å². The van der Waals surface area contributed by atoms with Crippen LogP contribution in [0, 0.1) is 13.8 Å². The Morgan fingerprint density at radius 3 is 2.52 bits per heavy atom. The molecule has 0 bridgehead atoms. The van der Waals surface area contributed by atoms with E-state index >= 15 is 0 Å². The molecule has 0 spiro atoms. The van der Waals surface area contributed by atoms with E-state index in [1.807, 2.05) is 6.07 Å². The molecule has 4 aromatic carbocycles. The lowest BCUT2D eigenvalue weighted by molar-refractivity contribution is 0.483. The maximum absolute atomic E-state index is 6.26. The van der Waals surface area contributed by atoms with Gasteiger partial charge in [0.15, 0.2) is 0 Å². The standard InChI is InChI=1S/C22H16O/c1-13-7-9-15-12-16-10-8-14(2)22-20(16)21(18(15)11-13)17-5-3-4-6-19(17)23-22/h3-12H,1-2H3. The van der Waals surface area contributed by atoms with Gasteiger partial charge in [0.05, 0.1) is 0 Å². The highest BCUT2D eigenvalue weighted by Gasteiger charge is 2.23. The summed E-state index contributed by atoms with van der Waals surface area (Å²) < 4.78 is 6.26. The lowest BCUT2D eigenvalue weighted by Crippen LogP contribution is -1.99. The molecular formula is C22H16O.